The van der Waals surface area contributed by atoms with Crippen LogP contribution < -0.4 is 10.1 Å². The minimum atomic E-state index is -4.50. The number of halogens is 3. The van der Waals surface area contributed by atoms with Crippen LogP contribution in [0, 0.1) is 0 Å². The van der Waals surface area contributed by atoms with E-state index in [1.807, 2.05) is 0 Å². The van der Waals surface area contributed by atoms with E-state index in [1.54, 1.807) is 24.3 Å². The summed E-state index contributed by atoms with van der Waals surface area (Å²) in [6, 6.07) is 11.9. The number of hydrogen-bond acceptors (Lipinski definition) is 3. The third kappa shape index (κ3) is 4.21. The van der Waals surface area contributed by atoms with Crippen LogP contribution in [0.2, 0.25) is 0 Å². The smallest absolute Gasteiger partial charge is 0.416 e. The zero-order valence-electron chi connectivity index (χ0n) is 14.4. The van der Waals surface area contributed by atoms with Gasteiger partial charge < -0.3 is 15.0 Å². The van der Waals surface area contributed by atoms with E-state index in [1.165, 1.54) is 25.2 Å². The molecule has 1 heterocycles. The number of carbonyl (C=O) groups excluding carboxylic acids is 2. The van der Waals surface area contributed by atoms with Crippen LogP contribution in [0.5, 0.6) is 5.75 Å². The number of nitrogens with one attached hydrogen (secondary N) is 1. The second-order valence-electron chi connectivity index (χ2n) is 6.20. The van der Waals surface area contributed by atoms with Gasteiger partial charge in [0.05, 0.1) is 17.7 Å². The van der Waals surface area contributed by atoms with Gasteiger partial charge in [-0.3, -0.25) is 9.59 Å². The normalized spacial score (nSPS) is 16.1. The molecule has 1 aliphatic heterocycles. The Kier molecular flexibility index (Phi) is 5.07. The average Bonchev–Trinajstić information content (AvgIpc) is 2.61. The molecule has 0 saturated carbocycles. The van der Waals surface area contributed by atoms with Gasteiger partial charge in [0, 0.05) is 13.6 Å². The first kappa shape index (κ1) is 18.8. The number of carbonyl (C=O) groups is 2. The highest BCUT2D eigenvalue weighted by molar-refractivity contribution is 5.99. The van der Waals surface area contributed by atoms with E-state index in [0.717, 1.165) is 11.0 Å². The Morgan fingerprint density at radius 2 is 1.81 bits per heavy atom. The molecule has 0 saturated heterocycles. The summed E-state index contributed by atoms with van der Waals surface area (Å²) >= 11 is 0. The van der Waals surface area contributed by atoms with E-state index in [-0.39, 0.29) is 18.5 Å². The fourth-order valence-electron chi connectivity index (χ4n) is 2.82. The van der Waals surface area contributed by atoms with Gasteiger partial charge in [-0.05, 0) is 23.8 Å². The zero-order chi connectivity index (χ0) is 19.6. The van der Waals surface area contributed by atoms with Gasteiger partial charge in [0.15, 0.2) is 6.10 Å². The molecule has 3 rings (SSSR count). The van der Waals surface area contributed by atoms with E-state index < -0.39 is 29.7 Å². The second kappa shape index (κ2) is 7.30. The summed E-state index contributed by atoms with van der Waals surface area (Å²) in [5, 5.41) is 2.65. The number of amides is 2. The standard InChI is InChI=1S/C19H17F3N2O3/c1-24(11-12-6-2-3-7-13(12)19(20,21)22)17(25)10-16-18(26)23-14-8-4-5-9-15(14)27-16/h2-9,16H,10-11H2,1H3,(H,23,26)/t16-/m0/s1. The lowest BCUT2D eigenvalue weighted by Crippen LogP contribution is -2.41. The molecule has 5 nitrogen and oxygen atoms in total. The van der Waals surface area contributed by atoms with Crippen molar-refractivity contribution < 1.29 is 27.5 Å². The number of alkyl halides is 3. The molecule has 2 amide bonds. The Balaban J connectivity index is 1.68. The molecule has 1 aliphatic rings. The van der Waals surface area contributed by atoms with E-state index in [2.05, 4.69) is 5.32 Å². The maximum Gasteiger partial charge on any atom is 0.416 e. The Hall–Kier alpha value is -3.03. The minimum Gasteiger partial charge on any atom is -0.478 e. The van der Waals surface area contributed by atoms with Crippen molar-refractivity contribution in [2.75, 3.05) is 12.4 Å². The summed E-state index contributed by atoms with van der Waals surface area (Å²) in [6.45, 7) is -0.223. The molecular weight excluding hydrogens is 361 g/mol. The lowest BCUT2D eigenvalue weighted by molar-refractivity contribution is -0.140. The van der Waals surface area contributed by atoms with Crippen molar-refractivity contribution in [2.45, 2.75) is 25.2 Å². The molecule has 2 aromatic carbocycles. The molecule has 2 aromatic rings. The predicted octanol–water partition coefficient (Wildman–Crippen LogP) is 3.45. The molecule has 1 atom stereocenters. The Bertz CT molecular complexity index is 867. The number of benzene rings is 2. The van der Waals surface area contributed by atoms with Crippen molar-refractivity contribution in [3.8, 4) is 5.75 Å². The molecular formula is C19H17F3N2O3. The van der Waals surface area contributed by atoms with Crippen molar-refractivity contribution in [3.05, 3.63) is 59.7 Å². The molecule has 0 spiro atoms. The van der Waals surface area contributed by atoms with Gasteiger partial charge in [0.1, 0.15) is 5.75 Å². The second-order valence-corrected chi connectivity index (χ2v) is 6.20. The van der Waals surface area contributed by atoms with Gasteiger partial charge in [0.2, 0.25) is 5.91 Å². The maximum absolute atomic E-state index is 13.1. The van der Waals surface area contributed by atoms with Gasteiger partial charge in [0.25, 0.3) is 5.91 Å². The predicted molar refractivity (Wildman–Crippen MR) is 92.0 cm³/mol. The summed E-state index contributed by atoms with van der Waals surface area (Å²) in [5.74, 6) is -0.516. The number of anilines is 1. The zero-order valence-corrected chi connectivity index (χ0v) is 14.4. The highest BCUT2D eigenvalue weighted by Gasteiger charge is 2.34. The number of fused-ring (bicyclic) bond motifs is 1. The molecule has 0 radical (unpaired) electrons. The van der Waals surface area contributed by atoms with Crippen molar-refractivity contribution in [1.82, 2.24) is 4.90 Å². The van der Waals surface area contributed by atoms with Crippen LogP contribution in [0.1, 0.15) is 17.5 Å². The minimum absolute atomic E-state index is 0.0137. The highest BCUT2D eigenvalue weighted by atomic mass is 19.4. The Morgan fingerprint density at radius 3 is 2.56 bits per heavy atom. The van der Waals surface area contributed by atoms with E-state index in [4.69, 9.17) is 4.74 Å². The molecule has 0 bridgehead atoms. The molecule has 27 heavy (non-hydrogen) atoms. The first-order valence-electron chi connectivity index (χ1n) is 8.21. The van der Waals surface area contributed by atoms with Gasteiger partial charge in [-0.25, -0.2) is 0 Å². The molecule has 0 aliphatic carbocycles. The Morgan fingerprint density at radius 1 is 1.15 bits per heavy atom. The summed E-state index contributed by atoms with van der Waals surface area (Å²) in [6.07, 6.45) is -5.81. The van der Waals surface area contributed by atoms with Gasteiger partial charge in [-0.1, -0.05) is 30.3 Å². The summed E-state index contributed by atoms with van der Waals surface area (Å²) in [4.78, 5) is 25.7. The van der Waals surface area contributed by atoms with Crippen LogP contribution in [0.15, 0.2) is 48.5 Å². The van der Waals surface area contributed by atoms with Crippen LogP contribution in [-0.2, 0) is 22.3 Å². The fraction of sp³-hybridized carbons (Fsp3) is 0.263. The van der Waals surface area contributed by atoms with Gasteiger partial charge in [-0.15, -0.1) is 0 Å². The molecule has 0 unspecified atom stereocenters. The summed E-state index contributed by atoms with van der Waals surface area (Å²) in [5.41, 5.74) is -0.288. The topological polar surface area (TPSA) is 58.6 Å². The van der Waals surface area contributed by atoms with Crippen LogP contribution in [0.25, 0.3) is 0 Å². The quantitative estimate of drug-likeness (QED) is 0.887. The van der Waals surface area contributed by atoms with Crippen LogP contribution in [0.3, 0.4) is 0 Å². The van der Waals surface area contributed by atoms with E-state index >= 15 is 0 Å². The Labute approximate surface area is 153 Å². The molecule has 1 N–H and O–H groups in total. The van der Waals surface area contributed by atoms with Crippen molar-refractivity contribution in [3.63, 3.8) is 0 Å². The number of ether oxygens (including phenoxy) is 1. The van der Waals surface area contributed by atoms with Crippen molar-refractivity contribution >= 4 is 17.5 Å². The third-order valence-corrected chi connectivity index (χ3v) is 4.22. The summed E-state index contributed by atoms with van der Waals surface area (Å²) in [7, 11) is 1.39. The first-order valence-corrected chi connectivity index (χ1v) is 8.21. The van der Waals surface area contributed by atoms with Crippen LogP contribution in [0.4, 0.5) is 18.9 Å². The monoisotopic (exact) mass is 378 g/mol. The van der Waals surface area contributed by atoms with Crippen molar-refractivity contribution in [1.29, 1.82) is 0 Å². The maximum atomic E-state index is 13.1. The lowest BCUT2D eigenvalue weighted by Gasteiger charge is -2.27. The summed E-state index contributed by atoms with van der Waals surface area (Å²) < 4.78 is 44.8. The highest BCUT2D eigenvalue weighted by Crippen LogP contribution is 2.33. The first-order chi connectivity index (χ1) is 12.8. The average molecular weight is 378 g/mol. The van der Waals surface area contributed by atoms with E-state index in [0.29, 0.717) is 11.4 Å². The van der Waals surface area contributed by atoms with Crippen LogP contribution >= 0.6 is 0 Å². The SMILES string of the molecule is CN(Cc1ccccc1C(F)(F)F)C(=O)C[C@@H]1Oc2ccccc2NC1=O. The van der Waals surface area contributed by atoms with E-state index in [9.17, 15) is 22.8 Å². The third-order valence-electron chi connectivity index (χ3n) is 4.22. The molecule has 8 heteroatoms. The molecule has 142 valence electrons. The largest absolute Gasteiger partial charge is 0.478 e. The lowest BCUT2D eigenvalue weighted by atomic mass is 10.1. The van der Waals surface area contributed by atoms with Gasteiger partial charge >= 0.3 is 6.18 Å². The molecule has 0 fully saturated rings. The molecule has 0 aromatic heterocycles. The van der Waals surface area contributed by atoms with Crippen LogP contribution in [-0.4, -0.2) is 29.9 Å². The number of para-hydroxylation sites is 2. The number of hydrogen-bond donors (Lipinski definition) is 1. The fourth-order valence-corrected chi connectivity index (χ4v) is 2.82. The van der Waals surface area contributed by atoms with Gasteiger partial charge in [-0.2, -0.15) is 13.2 Å². The number of rotatable bonds is 4. The van der Waals surface area contributed by atoms with Crippen molar-refractivity contribution in [2.24, 2.45) is 0 Å². The number of nitrogens with zero attached hydrogens (tertiary/aromatic N) is 1.